The molecule has 1 aromatic rings. The van der Waals surface area contributed by atoms with Crippen molar-refractivity contribution in [1.29, 1.82) is 0 Å². The molecule has 1 heterocycles. The number of halogens is 3. The van der Waals surface area contributed by atoms with Crippen LogP contribution < -0.4 is 10.5 Å². The van der Waals surface area contributed by atoms with Crippen LogP contribution in [0.15, 0.2) is 6.07 Å². The Kier molecular flexibility index (Phi) is 3.48. The van der Waals surface area contributed by atoms with Crippen molar-refractivity contribution in [2.75, 3.05) is 0 Å². The number of aromatic nitrogens is 1. The minimum atomic E-state index is -4.85. The van der Waals surface area contributed by atoms with Crippen molar-refractivity contribution in [1.82, 2.24) is 4.98 Å². The van der Waals surface area contributed by atoms with Crippen LogP contribution in [-0.2, 0) is 6.54 Å². The summed E-state index contributed by atoms with van der Waals surface area (Å²) in [5, 5.41) is 0. The lowest BCUT2D eigenvalue weighted by molar-refractivity contribution is -0.274. The molecule has 0 aliphatic rings. The van der Waals surface area contributed by atoms with Crippen molar-refractivity contribution in [3.05, 3.63) is 23.0 Å². The third-order valence-corrected chi connectivity index (χ3v) is 1.84. The molecule has 88 valence electrons. The number of hydrogen-bond acceptors (Lipinski definition) is 4. The molecule has 0 fully saturated rings. The molecule has 0 aromatic carbocycles. The van der Waals surface area contributed by atoms with E-state index in [4.69, 9.17) is 5.73 Å². The highest BCUT2D eigenvalue weighted by molar-refractivity contribution is 5.76. The first-order valence-electron chi connectivity index (χ1n) is 4.29. The van der Waals surface area contributed by atoms with Gasteiger partial charge in [0.05, 0.1) is 5.69 Å². The monoisotopic (exact) mass is 234 g/mol. The Morgan fingerprint density at radius 1 is 1.56 bits per heavy atom. The minimum Gasteiger partial charge on any atom is -0.403 e. The van der Waals surface area contributed by atoms with Gasteiger partial charge >= 0.3 is 6.36 Å². The van der Waals surface area contributed by atoms with Crippen LogP contribution in [0.2, 0.25) is 0 Å². The number of aldehydes is 1. The number of hydrogen-bond donors (Lipinski definition) is 1. The van der Waals surface area contributed by atoms with Crippen molar-refractivity contribution < 1.29 is 22.7 Å². The van der Waals surface area contributed by atoms with Crippen LogP contribution in [0.4, 0.5) is 13.2 Å². The summed E-state index contributed by atoms with van der Waals surface area (Å²) in [5.74, 6) is -0.614. The SMILES string of the molecule is Cc1cc(OC(F)(F)F)c(C=O)nc1CN. The van der Waals surface area contributed by atoms with Crippen LogP contribution >= 0.6 is 0 Å². The Bertz CT molecular complexity index is 404. The molecule has 0 atom stereocenters. The second kappa shape index (κ2) is 4.48. The number of nitrogens with zero attached hydrogens (tertiary/aromatic N) is 1. The van der Waals surface area contributed by atoms with E-state index in [1.54, 1.807) is 0 Å². The molecule has 7 heteroatoms. The molecule has 0 spiro atoms. The van der Waals surface area contributed by atoms with E-state index in [1.165, 1.54) is 6.92 Å². The molecule has 4 nitrogen and oxygen atoms in total. The quantitative estimate of drug-likeness (QED) is 0.806. The van der Waals surface area contributed by atoms with Gasteiger partial charge in [-0.3, -0.25) is 4.79 Å². The van der Waals surface area contributed by atoms with Gasteiger partial charge in [0, 0.05) is 6.54 Å². The van der Waals surface area contributed by atoms with Gasteiger partial charge in [-0.05, 0) is 18.6 Å². The summed E-state index contributed by atoms with van der Waals surface area (Å²) in [6, 6.07) is 1.09. The van der Waals surface area contributed by atoms with Crippen LogP contribution in [0.5, 0.6) is 5.75 Å². The summed E-state index contributed by atoms with van der Waals surface area (Å²) in [6.07, 6.45) is -4.66. The molecular formula is C9H9F3N2O2. The fourth-order valence-corrected chi connectivity index (χ4v) is 1.14. The predicted octanol–water partition coefficient (Wildman–Crippen LogP) is 1.56. The number of pyridine rings is 1. The van der Waals surface area contributed by atoms with E-state index in [0.29, 0.717) is 11.3 Å². The van der Waals surface area contributed by atoms with Crippen LogP contribution in [0, 0.1) is 6.92 Å². The average Bonchev–Trinajstić information content (AvgIpc) is 2.16. The maximum absolute atomic E-state index is 12.0. The van der Waals surface area contributed by atoms with E-state index in [-0.39, 0.29) is 12.8 Å². The van der Waals surface area contributed by atoms with Gasteiger partial charge in [-0.25, -0.2) is 4.98 Å². The lowest BCUT2D eigenvalue weighted by atomic mass is 10.2. The Hall–Kier alpha value is -1.63. The van der Waals surface area contributed by atoms with Crippen LogP contribution in [0.3, 0.4) is 0 Å². The van der Waals surface area contributed by atoms with Gasteiger partial charge in [-0.2, -0.15) is 0 Å². The van der Waals surface area contributed by atoms with Gasteiger partial charge < -0.3 is 10.5 Å². The molecule has 0 unspecified atom stereocenters. The molecule has 0 radical (unpaired) electrons. The summed E-state index contributed by atoms with van der Waals surface area (Å²) in [5.41, 5.74) is 5.69. The molecule has 16 heavy (non-hydrogen) atoms. The first-order valence-corrected chi connectivity index (χ1v) is 4.29. The number of alkyl halides is 3. The third kappa shape index (κ3) is 2.93. The zero-order chi connectivity index (χ0) is 12.3. The number of carbonyl (C=O) groups excluding carboxylic acids is 1. The normalized spacial score (nSPS) is 11.3. The smallest absolute Gasteiger partial charge is 0.403 e. The Labute approximate surface area is 89.2 Å². The fourth-order valence-electron chi connectivity index (χ4n) is 1.14. The maximum Gasteiger partial charge on any atom is 0.573 e. The molecule has 1 rings (SSSR count). The Morgan fingerprint density at radius 2 is 2.19 bits per heavy atom. The number of nitrogens with two attached hydrogens (primary N) is 1. The van der Waals surface area contributed by atoms with Gasteiger partial charge in [0.15, 0.2) is 12.0 Å². The summed E-state index contributed by atoms with van der Waals surface area (Å²) in [7, 11) is 0. The number of carbonyl (C=O) groups is 1. The molecule has 0 saturated carbocycles. The predicted molar refractivity (Wildman–Crippen MR) is 48.9 cm³/mol. The van der Waals surface area contributed by atoms with Gasteiger partial charge in [0.1, 0.15) is 5.69 Å². The Morgan fingerprint density at radius 3 is 2.62 bits per heavy atom. The topological polar surface area (TPSA) is 65.2 Å². The standard InChI is InChI=1S/C9H9F3N2O2/c1-5-2-8(16-9(10,11)12)7(4-15)14-6(5)3-13/h2,4H,3,13H2,1H3. The fraction of sp³-hybridized carbons (Fsp3) is 0.333. The van der Waals surface area contributed by atoms with Crippen molar-refractivity contribution >= 4 is 6.29 Å². The summed E-state index contributed by atoms with van der Waals surface area (Å²) >= 11 is 0. The van der Waals surface area contributed by atoms with E-state index >= 15 is 0 Å². The highest BCUT2D eigenvalue weighted by Gasteiger charge is 2.32. The second-order valence-electron chi connectivity index (χ2n) is 3.01. The van der Waals surface area contributed by atoms with Crippen molar-refractivity contribution in [2.45, 2.75) is 19.8 Å². The molecule has 0 saturated heterocycles. The first kappa shape index (κ1) is 12.4. The van der Waals surface area contributed by atoms with Crippen LogP contribution in [0.25, 0.3) is 0 Å². The largest absolute Gasteiger partial charge is 0.573 e. The van der Waals surface area contributed by atoms with Crippen molar-refractivity contribution in [2.24, 2.45) is 5.73 Å². The van der Waals surface area contributed by atoms with Gasteiger partial charge in [0.25, 0.3) is 0 Å². The second-order valence-corrected chi connectivity index (χ2v) is 3.01. The van der Waals surface area contributed by atoms with E-state index in [1.807, 2.05) is 0 Å². The molecule has 0 bridgehead atoms. The van der Waals surface area contributed by atoms with Crippen LogP contribution in [0.1, 0.15) is 21.7 Å². The highest BCUT2D eigenvalue weighted by Crippen LogP contribution is 2.26. The van der Waals surface area contributed by atoms with E-state index in [2.05, 4.69) is 9.72 Å². The summed E-state index contributed by atoms with van der Waals surface area (Å²) < 4.78 is 39.6. The molecular weight excluding hydrogens is 225 g/mol. The number of ether oxygens (including phenoxy) is 1. The van der Waals surface area contributed by atoms with E-state index in [9.17, 15) is 18.0 Å². The Balaban J connectivity index is 3.18. The lowest BCUT2D eigenvalue weighted by Gasteiger charge is -2.12. The molecule has 0 amide bonds. The molecule has 1 aromatic heterocycles. The lowest BCUT2D eigenvalue weighted by Crippen LogP contribution is -2.19. The van der Waals surface area contributed by atoms with E-state index in [0.717, 1.165) is 6.07 Å². The van der Waals surface area contributed by atoms with Gasteiger partial charge in [-0.15, -0.1) is 13.2 Å². The van der Waals surface area contributed by atoms with E-state index < -0.39 is 17.8 Å². The highest BCUT2D eigenvalue weighted by atomic mass is 19.4. The maximum atomic E-state index is 12.0. The average molecular weight is 234 g/mol. The van der Waals surface area contributed by atoms with Crippen molar-refractivity contribution in [3.8, 4) is 5.75 Å². The molecule has 0 aliphatic carbocycles. The zero-order valence-electron chi connectivity index (χ0n) is 8.34. The summed E-state index contributed by atoms with van der Waals surface area (Å²) in [6.45, 7) is 1.58. The van der Waals surface area contributed by atoms with Crippen molar-refractivity contribution in [3.63, 3.8) is 0 Å². The summed E-state index contributed by atoms with van der Waals surface area (Å²) in [4.78, 5) is 14.2. The minimum absolute atomic E-state index is 0.0406. The van der Waals surface area contributed by atoms with Crippen LogP contribution in [-0.4, -0.2) is 17.6 Å². The molecule has 2 N–H and O–H groups in total. The zero-order valence-corrected chi connectivity index (χ0v) is 8.34. The molecule has 0 aliphatic heterocycles. The van der Waals surface area contributed by atoms with Gasteiger partial charge in [0.2, 0.25) is 0 Å². The number of aryl methyl sites for hydroxylation is 1. The first-order chi connectivity index (χ1) is 7.37. The van der Waals surface area contributed by atoms with Gasteiger partial charge in [-0.1, -0.05) is 0 Å². The third-order valence-electron chi connectivity index (χ3n) is 1.84. The number of rotatable bonds is 3.